The predicted molar refractivity (Wildman–Crippen MR) is 131 cm³/mol. The highest BCUT2D eigenvalue weighted by Crippen LogP contribution is 2.30. The molecule has 1 aliphatic rings. The molecule has 0 saturated carbocycles. The third kappa shape index (κ3) is 4.06. The van der Waals surface area contributed by atoms with Crippen molar-refractivity contribution in [3.05, 3.63) is 70.5 Å². The van der Waals surface area contributed by atoms with Crippen LogP contribution in [0.15, 0.2) is 53.7 Å². The number of nitrogens with zero attached hydrogens (tertiary/aromatic N) is 5. The van der Waals surface area contributed by atoms with Crippen molar-refractivity contribution < 1.29 is 4.79 Å². The van der Waals surface area contributed by atoms with Crippen LogP contribution in [0.1, 0.15) is 32.0 Å². The number of benzene rings is 1. The van der Waals surface area contributed by atoms with E-state index in [1.807, 2.05) is 75.6 Å². The zero-order valence-electron chi connectivity index (χ0n) is 19.8. The van der Waals surface area contributed by atoms with Crippen molar-refractivity contribution in [3.8, 4) is 22.4 Å². The van der Waals surface area contributed by atoms with E-state index < -0.39 is 0 Å². The molecular formula is C26H29N5O2. The van der Waals surface area contributed by atoms with Gasteiger partial charge in [-0.1, -0.05) is 32.0 Å². The topological polar surface area (TPSA) is 73.0 Å². The largest absolute Gasteiger partial charge is 0.338 e. The van der Waals surface area contributed by atoms with Crippen molar-refractivity contribution in [2.75, 3.05) is 6.54 Å². The summed E-state index contributed by atoms with van der Waals surface area (Å²) in [6, 6.07) is 9.93. The number of fused-ring (bicyclic) bond motifs is 2. The fourth-order valence-corrected chi connectivity index (χ4v) is 4.41. The molecule has 1 aliphatic heterocycles. The van der Waals surface area contributed by atoms with E-state index in [-0.39, 0.29) is 11.5 Å². The second kappa shape index (κ2) is 9.02. The summed E-state index contributed by atoms with van der Waals surface area (Å²) in [6.45, 7) is 6.76. The van der Waals surface area contributed by atoms with Crippen molar-refractivity contribution in [1.29, 1.82) is 0 Å². The molecule has 0 bridgehead atoms. The molecule has 1 amide bonds. The normalized spacial score (nSPS) is 12.8. The van der Waals surface area contributed by atoms with E-state index in [1.165, 1.54) is 0 Å². The Morgan fingerprint density at radius 2 is 1.85 bits per heavy atom. The lowest BCUT2D eigenvalue weighted by atomic mass is 9.96. The van der Waals surface area contributed by atoms with E-state index >= 15 is 0 Å². The number of hydrogen-bond donors (Lipinski definition) is 0. The molecular weight excluding hydrogens is 414 g/mol. The summed E-state index contributed by atoms with van der Waals surface area (Å²) in [5, 5.41) is 6.16. The Balaban J connectivity index is 0.00000126. The Labute approximate surface area is 193 Å². The third-order valence-electron chi connectivity index (χ3n) is 6.11. The van der Waals surface area contributed by atoms with Crippen molar-refractivity contribution in [2.24, 2.45) is 14.1 Å². The Morgan fingerprint density at radius 3 is 2.55 bits per heavy atom. The van der Waals surface area contributed by atoms with Crippen LogP contribution in [-0.4, -0.2) is 36.7 Å². The molecule has 7 nitrogen and oxygen atoms in total. The second-order valence-corrected chi connectivity index (χ2v) is 8.08. The second-order valence-electron chi connectivity index (χ2n) is 8.08. The standard InChI is InChI=1S/C24H23N5O2.C2H6/c1-15(30)29-8-7-23-17(14-29)9-20(24(31)28(23)3)19-6-4-5-16-10-22(25-12-21(16)19)18-11-26-27(2)13-18;1-2/h4-6,9-13H,7-8,14H2,1-3H3;1-2H3. The van der Waals surface area contributed by atoms with Crippen LogP contribution in [0, 0.1) is 0 Å². The highest BCUT2D eigenvalue weighted by molar-refractivity contribution is 5.97. The lowest BCUT2D eigenvalue weighted by Crippen LogP contribution is -2.37. The van der Waals surface area contributed by atoms with Crippen molar-refractivity contribution >= 4 is 16.7 Å². The number of aromatic nitrogens is 4. The maximum atomic E-state index is 13.2. The van der Waals surface area contributed by atoms with Gasteiger partial charge in [-0.05, 0) is 28.6 Å². The van der Waals surface area contributed by atoms with E-state index in [1.54, 1.807) is 22.4 Å². The fourth-order valence-electron chi connectivity index (χ4n) is 4.41. The number of carbonyl (C=O) groups excluding carboxylic acids is 1. The van der Waals surface area contributed by atoms with Crippen LogP contribution in [0.4, 0.5) is 0 Å². The van der Waals surface area contributed by atoms with Crippen LogP contribution >= 0.6 is 0 Å². The molecule has 0 radical (unpaired) electrons. The summed E-state index contributed by atoms with van der Waals surface area (Å²) in [5.41, 5.74) is 5.27. The predicted octanol–water partition coefficient (Wildman–Crippen LogP) is 3.93. The fraction of sp³-hybridized carbons (Fsp3) is 0.308. The molecule has 0 aliphatic carbocycles. The number of amides is 1. The van der Waals surface area contributed by atoms with Crippen LogP contribution in [0.5, 0.6) is 0 Å². The zero-order valence-corrected chi connectivity index (χ0v) is 19.8. The third-order valence-corrected chi connectivity index (χ3v) is 6.11. The van der Waals surface area contributed by atoms with Gasteiger partial charge in [-0.25, -0.2) is 0 Å². The molecule has 33 heavy (non-hydrogen) atoms. The zero-order chi connectivity index (χ0) is 23.7. The van der Waals surface area contributed by atoms with Crippen molar-refractivity contribution in [2.45, 2.75) is 33.7 Å². The van der Waals surface area contributed by atoms with Gasteiger partial charge in [-0.2, -0.15) is 5.10 Å². The van der Waals surface area contributed by atoms with Gasteiger partial charge in [0.2, 0.25) is 5.91 Å². The first-order valence-electron chi connectivity index (χ1n) is 11.3. The Bertz CT molecular complexity index is 1400. The summed E-state index contributed by atoms with van der Waals surface area (Å²) < 4.78 is 3.48. The summed E-state index contributed by atoms with van der Waals surface area (Å²) in [7, 11) is 3.69. The van der Waals surface area contributed by atoms with E-state index in [4.69, 9.17) is 0 Å². The maximum Gasteiger partial charge on any atom is 0.258 e. The van der Waals surface area contributed by atoms with Gasteiger partial charge < -0.3 is 9.47 Å². The molecule has 1 aromatic carbocycles. The van der Waals surface area contributed by atoms with E-state index in [9.17, 15) is 9.59 Å². The molecule has 0 N–H and O–H groups in total. The SMILES string of the molecule is CC.CC(=O)N1CCc2c(cc(-c3cccc4cc(-c5cnn(C)c5)ncc34)c(=O)n2C)C1. The van der Waals surface area contributed by atoms with Crippen molar-refractivity contribution in [3.63, 3.8) is 0 Å². The highest BCUT2D eigenvalue weighted by atomic mass is 16.2. The van der Waals surface area contributed by atoms with E-state index in [0.29, 0.717) is 25.1 Å². The quantitative estimate of drug-likeness (QED) is 0.471. The first kappa shape index (κ1) is 22.5. The van der Waals surface area contributed by atoms with Gasteiger partial charge >= 0.3 is 0 Å². The van der Waals surface area contributed by atoms with Gasteiger partial charge in [0.15, 0.2) is 0 Å². The minimum atomic E-state index is -0.0288. The van der Waals surface area contributed by atoms with Crippen LogP contribution < -0.4 is 5.56 Å². The molecule has 0 unspecified atom stereocenters. The van der Waals surface area contributed by atoms with E-state index in [0.717, 1.165) is 38.9 Å². The Kier molecular flexibility index (Phi) is 6.14. The summed E-state index contributed by atoms with van der Waals surface area (Å²) in [6.07, 6.45) is 6.23. The molecule has 3 aromatic heterocycles. The minimum Gasteiger partial charge on any atom is -0.338 e. The van der Waals surface area contributed by atoms with Crippen LogP contribution in [0.25, 0.3) is 33.2 Å². The van der Waals surface area contributed by atoms with Crippen LogP contribution in [0.3, 0.4) is 0 Å². The Morgan fingerprint density at radius 1 is 1.06 bits per heavy atom. The smallest absolute Gasteiger partial charge is 0.258 e. The maximum absolute atomic E-state index is 13.2. The highest BCUT2D eigenvalue weighted by Gasteiger charge is 2.23. The molecule has 0 atom stereocenters. The minimum absolute atomic E-state index is 0.0288. The lowest BCUT2D eigenvalue weighted by molar-refractivity contribution is -0.129. The molecule has 4 heterocycles. The monoisotopic (exact) mass is 443 g/mol. The lowest BCUT2D eigenvalue weighted by Gasteiger charge is -2.29. The summed E-state index contributed by atoms with van der Waals surface area (Å²) in [4.78, 5) is 31.6. The average Bonchev–Trinajstić information content (AvgIpc) is 3.28. The summed E-state index contributed by atoms with van der Waals surface area (Å²) in [5.74, 6) is 0.0540. The molecule has 4 aromatic rings. The summed E-state index contributed by atoms with van der Waals surface area (Å²) >= 11 is 0. The molecule has 170 valence electrons. The van der Waals surface area contributed by atoms with Gasteiger partial charge in [0.25, 0.3) is 5.56 Å². The number of hydrogen-bond acceptors (Lipinski definition) is 4. The van der Waals surface area contributed by atoms with Crippen molar-refractivity contribution in [1.82, 2.24) is 24.2 Å². The Hall–Kier alpha value is -3.74. The van der Waals surface area contributed by atoms with Crippen LogP contribution in [-0.2, 0) is 31.9 Å². The molecule has 7 heteroatoms. The van der Waals surface area contributed by atoms with Crippen LogP contribution in [0.2, 0.25) is 0 Å². The van der Waals surface area contributed by atoms with Gasteiger partial charge in [0.1, 0.15) is 0 Å². The van der Waals surface area contributed by atoms with Gasteiger partial charge in [-0.3, -0.25) is 19.3 Å². The number of carbonyl (C=O) groups is 1. The molecule has 0 saturated heterocycles. The molecule has 0 fully saturated rings. The molecule has 0 spiro atoms. The van der Waals surface area contributed by atoms with Gasteiger partial charge in [0.05, 0.1) is 11.9 Å². The average molecular weight is 444 g/mol. The number of rotatable bonds is 2. The number of aryl methyl sites for hydroxylation is 1. The van der Waals surface area contributed by atoms with Gasteiger partial charge in [-0.15, -0.1) is 0 Å². The van der Waals surface area contributed by atoms with Gasteiger partial charge in [0, 0.05) is 75.1 Å². The first-order chi connectivity index (χ1) is 15.9. The van der Waals surface area contributed by atoms with E-state index in [2.05, 4.69) is 10.1 Å². The number of pyridine rings is 2. The first-order valence-corrected chi connectivity index (χ1v) is 11.3. The molecule has 5 rings (SSSR count).